The van der Waals surface area contributed by atoms with Crippen molar-refractivity contribution in [1.82, 2.24) is 0 Å². The molecule has 12 heavy (non-hydrogen) atoms. The van der Waals surface area contributed by atoms with Crippen LogP contribution in [-0.2, 0) is 14.3 Å². The lowest BCUT2D eigenvalue weighted by Gasteiger charge is -2.14. The summed E-state index contributed by atoms with van der Waals surface area (Å²) in [6, 6.07) is 0. The lowest BCUT2D eigenvalue weighted by atomic mass is 10.2. The summed E-state index contributed by atoms with van der Waals surface area (Å²) in [7, 11) is 0. The van der Waals surface area contributed by atoms with Gasteiger partial charge in [-0.15, -0.1) is 8.78 Å². The predicted octanol–water partition coefficient (Wildman–Crippen LogP) is 0.722. The van der Waals surface area contributed by atoms with Gasteiger partial charge in [0.1, 0.15) is 6.10 Å². The van der Waals surface area contributed by atoms with E-state index in [4.69, 9.17) is 5.11 Å². The first-order valence-electron chi connectivity index (χ1n) is 2.96. The van der Waals surface area contributed by atoms with E-state index in [0.717, 1.165) is 6.92 Å². The maximum Gasteiger partial charge on any atom is 0.489 e. The molecule has 70 valence electrons. The highest BCUT2D eigenvalue weighted by Crippen LogP contribution is 2.39. The van der Waals surface area contributed by atoms with Crippen molar-refractivity contribution in [2.45, 2.75) is 25.2 Å². The van der Waals surface area contributed by atoms with Gasteiger partial charge in [-0.1, -0.05) is 0 Å². The van der Waals surface area contributed by atoms with Crippen LogP contribution in [0.1, 0.15) is 6.92 Å². The van der Waals surface area contributed by atoms with Crippen LogP contribution in [0.3, 0.4) is 0 Å². The van der Waals surface area contributed by atoms with Gasteiger partial charge >= 0.3 is 18.1 Å². The SMILES string of the molecule is CC1OC(F)(F)OC1(F)C(=O)O. The Bertz CT molecular complexity index is 219. The lowest BCUT2D eigenvalue weighted by molar-refractivity contribution is -0.365. The normalized spacial score (nSPS) is 39.8. The highest BCUT2D eigenvalue weighted by Gasteiger charge is 2.63. The van der Waals surface area contributed by atoms with Crippen LogP contribution >= 0.6 is 0 Å². The lowest BCUT2D eigenvalue weighted by Crippen LogP contribution is -2.42. The average Bonchev–Trinajstić information content (AvgIpc) is 2.03. The molecule has 0 amide bonds. The molecule has 1 aliphatic heterocycles. The van der Waals surface area contributed by atoms with Crippen LogP contribution in [0.4, 0.5) is 13.2 Å². The van der Waals surface area contributed by atoms with Crippen LogP contribution in [-0.4, -0.2) is 29.3 Å². The Morgan fingerprint density at radius 3 is 2.17 bits per heavy atom. The monoisotopic (exact) mass is 186 g/mol. The molecule has 4 nitrogen and oxygen atoms in total. The molecule has 0 aromatic rings. The number of rotatable bonds is 1. The first-order valence-corrected chi connectivity index (χ1v) is 2.96. The Balaban J connectivity index is 2.89. The van der Waals surface area contributed by atoms with Crippen molar-refractivity contribution in [1.29, 1.82) is 0 Å². The minimum atomic E-state index is -4.17. The van der Waals surface area contributed by atoms with E-state index >= 15 is 0 Å². The number of hydrogen-bond donors (Lipinski definition) is 1. The number of alkyl halides is 3. The van der Waals surface area contributed by atoms with Gasteiger partial charge in [0.2, 0.25) is 0 Å². The number of carbonyl (C=O) groups is 1. The van der Waals surface area contributed by atoms with Gasteiger partial charge in [0.25, 0.3) is 0 Å². The molecule has 1 N–H and O–H groups in total. The highest BCUT2D eigenvalue weighted by atomic mass is 19.3. The third kappa shape index (κ3) is 1.25. The summed E-state index contributed by atoms with van der Waals surface area (Å²) in [5.41, 5.74) is 0. The van der Waals surface area contributed by atoms with E-state index in [1.807, 2.05) is 0 Å². The molecule has 1 aliphatic rings. The summed E-state index contributed by atoms with van der Waals surface area (Å²) >= 11 is 0. The molecule has 1 rings (SSSR count). The summed E-state index contributed by atoms with van der Waals surface area (Å²) in [4.78, 5) is 10.1. The maximum absolute atomic E-state index is 12.9. The summed E-state index contributed by atoms with van der Waals surface area (Å²) in [5.74, 6) is -5.60. The molecule has 0 bridgehead atoms. The number of carboxylic acid groups (broad SMARTS) is 1. The number of carboxylic acids is 1. The molecular weight excluding hydrogens is 181 g/mol. The second-order valence-electron chi connectivity index (χ2n) is 2.28. The quantitative estimate of drug-likeness (QED) is 0.655. The fraction of sp³-hybridized carbons (Fsp3) is 0.800. The van der Waals surface area contributed by atoms with E-state index in [1.54, 1.807) is 0 Å². The zero-order valence-corrected chi connectivity index (χ0v) is 5.88. The van der Waals surface area contributed by atoms with Crippen LogP contribution in [0.15, 0.2) is 0 Å². The van der Waals surface area contributed by atoms with Crippen LogP contribution in [0.5, 0.6) is 0 Å². The van der Waals surface area contributed by atoms with Gasteiger partial charge < -0.3 is 5.11 Å². The van der Waals surface area contributed by atoms with Crippen LogP contribution in [0.2, 0.25) is 0 Å². The van der Waals surface area contributed by atoms with E-state index in [0.29, 0.717) is 0 Å². The van der Waals surface area contributed by atoms with E-state index in [-0.39, 0.29) is 0 Å². The molecule has 0 aromatic heterocycles. The molecule has 2 atom stereocenters. The standard InChI is InChI=1S/C5H5F3O4/c1-2-4(6,3(9)10)12-5(7,8)11-2/h2H,1H3,(H,9,10). The topological polar surface area (TPSA) is 55.8 Å². The van der Waals surface area contributed by atoms with Gasteiger partial charge in [0.05, 0.1) is 0 Å². The van der Waals surface area contributed by atoms with Crippen LogP contribution < -0.4 is 0 Å². The number of aliphatic carboxylic acids is 1. The minimum Gasteiger partial charge on any atom is -0.477 e. The smallest absolute Gasteiger partial charge is 0.477 e. The Hall–Kier alpha value is -0.820. The van der Waals surface area contributed by atoms with Crippen molar-refractivity contribution in [3.8, 4) is 0 Å². The summed E-state index contributed by atoms with van der Waals surface area (Å²) in [5, 5.41) is 8.16. The van der Waals surface area contributed by atoms with E-state index in [1.165, 1.54) is 0 Å². The molecule has 7 heteroatoms. The zero-order valence-electron chi connectivity index (χ0n) is 5.88. The number of halogens is 3. The van der Waals surface area contributed by atoms with Crippen LogP contribution in [0, 0.1) is 0 Å². The summed E-state index contributed by atoms with van der Waals surface area (Å²) in [6.07, 6.45) is -6.02. The fourth-order valence-electron chi connectivity index (χ4n) is 0.779. The third-order valence-corrected chi connectivity index (χ3v) is 1.40. The molecule has 1 saturated heterocycles. The molecule has 0 spiro atoms. The van der Waals surface area contributed by atoms with Crippen molar-refractivity contribution in [2.75, 3.05) is 0 Å². The number of hydrogen-bond acceptors (Lipinski definition) is 3. The molecule has 2 unspecified atom stereocenters. The summed E-state index contributed by atoms with van der Waals surface area (Å²) in [6.45, 7) is 0.842. The van der Waals surface area contributed by atoms with Gasteiger partial charge in [-0.25, -0.2) is 9.53 Å². The third-order valence-electron chi connectivity index (χ3n) is 1.40. The molecule has 1 fully saturated rings. The van der Waals surface area contributed by atoms with E-state index in [2.05, 4.69) is 9.47 Å². The molecule has 0 saturated carbocycles. The first-order chi connectivity index (χ1) is 5.28. The van der Waals surface area contributed by atoms with Crippen molar-refractivity contribution in [2.24, 2.45) is 0 Å². The second-order valence-corrected chi connectivity index (χ2v) is 2.28. The Labute approximate surface area is 64.9 Å². The number of ether oxygens (including phenoxy) is 2. The van der Waals surface area contributed by atoms with E-state index in [9.17, 15) is 18.0 Å². The highest BCUT2D eigenvalue weighted by molar-refractivity contribution is 5.76. The second kappa shape index (κ2) is 2.33. The molecule has 0 aliphatic carbocycles. The molecule has 0 aromatic carbocycles. The van der Waals surface area contributed by atoms with Gasteiger partial charge in [0.15, 0.2) is 0 Å². The van der Waals surface area contributed by atoms with E-state index < -0.39 is 24.2 Å². The molecule has 0 radical (unpaired) electrons. The van der Waals surface area contributed by atoms with Gasteiger partial charge in [0, 0.05) is 0 Å². The first kappa shape index (κ1) is 9.27. The van der Waals surface area contributed by atoms with Crippen molar-refractivity contribution < 1.29 is 32.5 Å². The van der Waals surface area contributed by atoms with Gasteiger partial charge in [-0.3, -0.25) is 4.74 Å². The van der Waals surface area contributed by atoms with Crippen molar-refractivity contribution >= 4 is 5.97 Å². The summed E-state index contributed by atoms with van der Waals surface area (Å²) < 4.78 is 44.0. The fourth-order valence-corrected chi connectivity index (χ4v) is 0.779. The average molecular weight is 186 g/mol. The minimum absolute atomic E-state index is 0.842. The van der Waals surface area contributed by atoms with Crippen LogP contribution in [0.25, 0.3) is 0 Å². The molecule has 1 heterocycles. The predicted molar refractivity (Wildman–Crippen MR) is 28.1 cm³/mol. The maximum atomic E-state index is 12.9. The Morgan fingerprint density at radius 1 is 1.50 bits per heavy atom. The largest absolute Gasteiger partial charge is 0.489 e. The Kier molecular flexibility index (Phi) is 1.80. The van der Waals surface area contributed by atoms with Crippen molar-refractivity contribution in [3.63, 3.8) is 0 Å². The zero-order chi connectivity index (χ0) is 9.57. The molecular formula is C5H5F3O4. The van der Waals surface area contributed by atoms with Gasteiger partial charge in [-0.2, -0.15) is 4.39 Å². The van der Waals surface area contributed by atoms with Gasteiger partial charge in [-0.05, 0) is 6.92 Å². The Morgan fingerprint density at radius 2 is 2.00 bits per heavy atom. The van der Waals surface area contributed by atoms with Crippen molar-refractivity contribution in [3.05, 3.63) is 0 Å².